The van der Waals surface area contributed by atoms with Gasteiger partial charge < -0.3 is 4.74 Å². The van der Waals surface area contributed by atoms with Gasteiger partial charge in [0.15, 0.2) is 0 Å². The first-order chi connectivity index (χ1) is 6.76. The molecule has 2 atom stereocenters. The normalized spacial score (nSPS) is 15.4. The monoisotopic (exact) mass is 238 g/mol. The molecular weight excluding hydrogens is 216 g/mol. The van der Waals surface area contributed by atoms with Crippen molar-refractivity contribution in [1.82, 2.24) is 0 Å². The van der Waals surface area contributed by atoms with Gasteiger partial charge in [-0.1, -0.05) is 33.1 Å². The topological polar surface area (TPSA) is 9.23 Å². The third kappa shape index (κ3) is 6.97. The summed E-state index contributed by atoms with van der Waals surface area (Å²) in [5, 5.41) is 0. The molecule has 0 amide bonds. The predicted octanol–water partition coefficient (Wildman–Crippen LogP) is 4.29. The highest BCUT2D eigenvalue weighted by Gasteiger charge is 2.16. The fraction of sp³-hybridized carbons (Fsp3) is 1.00. The molecule has 0 aromatic heterocycles. The number of hydrogen-bond acceptors (Lipinski definition) is 2. The first kappa shape index (κ1) is 14.6. The molecule has 0 spiro atoms. The summed E-state index contributed by atoms with van der Waals surface area (Å²) in [6.45, 7) is 4.34. The van der Waals surface area contributed by atoms with Crippen molar-refractivity contribution in [3.63, 3.8) is 0 Å². The van der Waals surface area contributed by atoms with Crippen molar-refractivity contribution < 1.29 is 4.74 Å². The van der Waals surface area contributed by atoms with Crippen LogP contribution in [0.1, 0.15) is 46.0 Å². The van der Waals surface area contributed by atoms with Gasteiger partial charge in [-0.25, -0.2) is 0 Å². The molecule has 3 heteroatoms. The van der Waals surface area contributed by atoms with E-state index < -0.39 is 0 Å². The van der Waals surface area contributed by atoms with Gasteiger partial charge in [-0.05, 0) is 18.6 Å². The summed E-state index contributed by atoms with van der Waals surface area (Å²) >= 11 is 8.02. The lowest BCUT2D eigenvalue weighted by Crippen LogP contribution is -2.19. The Morgan fingerprint density at radius 2 is 1.93 bits per heavy atom. The molecule has 0 rings (SSSR count). The third-order valence-electron chi connectivity index (χ3n) is 2.27. The second kappa shape index (κ2) is 10.1. The first-order valence-corrected chi connectivity index (χ1v) is 7.03. The Labute approximate surface area is 97.9 Å². The lowest BCUT2D eigenvalue weighted by atomic mass is 10.2. The maximum atomic E-state index is 6.20. The molecule has 0 fully saturated rings. The van der Waals surface area contributed by atoms with Crippen LogP contribution >= 0.6 is 23.4 Å². The number of unbranched alkanes of at least 4 members (excludes halogenated alkanes) is 3. The molecule has 0 radical (unpaired) electrons. The number of ether oxygens (including phenoxy) is 1. The van der Waals surface area contributed by atoms with E-state index in [-0.39, 0.29) is 10.8 Å². The largest absolute Gasteiger partial charge is 0.379 e. The van der Waals surface area contributed by atoms with E-state index in [2.05, 4.69) is 13.8 Å². The Balaban J connectivity index is 3.37. The quantitative estimate of drug-likeness (QED) is 0.438. The van der Waals surface area contributed by atoms with E-state index in [9.17, 15) is 0 Å². The Morgan fingerprint density at radius 3 is 2.43 bits per heavy atom. The molecule has 0 aliphatic carbocycles. The predicted molar refractivity (Wildman–Crippen MR) is 67.3 cm³/mol. The second-order valence-electron chi connectivity index (χ2n) is 3.47. The molecule has 0 saturated heterocycles. The van der Waals surface area contributed by atoms with Crippen LogP contribution in [-0.2, 0) is 4.74 Å². The zero-order chi connectivity index (χ0) is 10.8. The summed E-state index contributed by atoms with van der Waals surface area (Å²) in [5.41, 5.74) is 0. The van der Waals surface area contributed by atoms with Gasteiger partial charge in [-0.2, -0.15) is 0 Å². The summed E-state index contributed by atoms with van der Waals surface area (Å²) in [6.07, 6.45) is 6.44. The van der Waals surface area contributed by atoms with Gasteiger partial charge >= 0.3 is 0 Å². The van der Waals surface area contributed by atoms with Crippen molar-refractivity contribution in [3.8, 4) is 0 Å². The summed E-state index contributed by atoms with van der Waals surface area (Å²) in [5.74, 6) is 1.16. The maximum absolute atomic E-state index is 6.20. The Morgan fingerprint density at radius 1 is 1.21 bits per heavy atom. The van der Waals surface area contributed by atoms with E-state index in [4.69, 9.17) is 16.3 Å². The van der Waals surface area contributed by atoms with E-state index in [1.54, 1.807) is 7.11 Å². The zero-order valence-electron chi connectivity index (χ0n) is 9.59. The number of rotatable bonds is 9. The van der Waals surface area contributed by atoms with Gasteiger partial charge in [0.05, 0.1) is 6.10 Å². The lowest BCUT2D eigenvalue weighted by molar-refractivity contribution is 0.112. The smallest absolute Gasteiger partial charge is 0.105 e. The van der Waals surface area contributed by atoms with Crippen LogP contribution in [-0.4, -0.2) is 23.7 Å². The highest BCUT2D eigenvalue weighted by atomic mass is 35.5. The molecule has 1 nitrogen and oxygen atoms in total. The van der Waals surface area contributed by atoms with E-state index in [1.807, 2.05) is 11.8 Å². The van der Waals surface area contributed by atoms with E-state index in [1.165, 1.54) is 25.7 Å². The van der Waals surface area contributed by atoms with E-state index in [0.29, 0.717) is 0 Å². The maximum Gasteiger partial charge on any atom is 0.105 e. The van der Waals surface area contributed by atoms with Gasteiger partial charge in [0.1, 0.15) is 4.71 Å². The molecule has 86 valence electrons. The lowest BCUT2D eigenvalue weighted by Gasteiger charge is -2.18. The van der Waals surface area contributed by atoms with Crippen molar-refractivity contribution in [2.24, 2.45) is 0 Å². The minimum Gasteiger partial charge on any atom is -0.379 e. The molecule has 0 aliphatic heterocycles. The van der Waals surface area contributed by atoms with Gasteiger partial charge in [-0.3, -0.25) is 0 Å². The van der Waals surface area contributed by atoms with Crippen LogP contribution in [0.3, 0.4) is 0 Å². The van der Waals surface area contributed by atoms with Crippen molar-refractivity contribution in [2.45, 2.75) is 56.8 Å². The fourth-order valence-corrected chi connectivity index (χ4v) is 2.95. The Bertz CT molecular complexity index is 118. The van der Waals surface area contributed by atoms with Crippen molar-refractivity contribution in [3.05, 3.63) is 0 Å². The molecule has 0 aromatic carbocycles. The molecule has 2 unspecified atom stereocenters. The van der Waals surface area contributed by atoms with Crippen LogP contribution in [0.25, 0.3) is 0 Å². The molecule has 0 bridgehead atoms. The van der Waals surface area contributed by atoms with Crippen molar-refractivity contribution >= 4 is 23.4 Å². The SMILES string of the molecule is CCCCCCSC(Cl)C(CC)OC. The molecule has 14 heavy (non-hydrogen) atoms. The molecular formula is C11H23ClOS. The number of alkyl halides is 1. The molecule has 0 N–H and O–H groups in total. The van der Waals surface area contributed by atoms with Gasteiger partial charge in [0, 0.05) is 7.11 Å². The Kier molecular flexibility index (Phi) is 10.6. The summed E-state index contributed by atoms with van der Waals surface area (Å²) < 4.78 is 5.40. The van der Waals surface area contributed by atoms with E-state index in [0.717, 1.165) is 12.2 Å². The number of halogens is 1. The summed E-state index contributed by atoms with van der Waals surface area (Å²) in [4.78, 5) is 0. The molecule has 0 aromatic rings. The van der Waals surface area contributed by atoms with Crippen LogP contribution < -0.4 is 0 Å². The van der Waals surface area contributed by atoms with Crippen molar-refractivity contribution in [1.29, 1.82) is 0 Å². The first-order valence-electron chi connectivity index (χ1n) is 5.54. The molecule has 0 aliphatic rings. The van der Waals surface area contributed by atoms with Gasteiger partial charge in [-0.15, -0.1) is 23.4 Å². The highest BCUT2D eigenvalue weighted by Crippen LogP contribution is 2.24. The van der Waals surface area contributed by atoms with Gasteiger partial charge in [0.25, 0.3) is 0 Å². The average molecular weight is 239 g/mol. The summed E-state index contributed by atoms with van der Waals surface area (Å²) in [6, 6.07) is 0. The zero-order valence-corrected chi connectivity index (χ0v) is 11.2. The number of hydrogen-bond donors (Lipinski definition) is 0. The van der Waals surface area contributed by atoms with Crippen LogP contribution in [0.4, 0.5) is 0 Å². The van der Waals surface area contributed by atoms with Crippen LogP contribution in [0.15, 0.2) is 0 Å². The third-order valence-corrected chi connectivity index (χ3v) is 4.08. The van der Waals surface area contributed by atoms with Crippen LogP contribution in [0, 0.1) is 0 Å². The second-order valence-corrected chi connectivity index (χ2v) is 5.44. The molecule has 0 saturated carbocycles. The molecule has 0 heterocycles. The van der Waals surface area contributed by atoms with Gasteiger partial charge in [0.2, 0.25) is 0 Å². The number of methoxy groups -OCH3 is 1. The highest BCUT2D eigenvalue weighted by molar-refractivity contribution is 8.01. The minimum atomic E-state index is 0.117. The van der Waals surface area contributed by atoms with Crippen LogP contribution in [0.2, 0.25) is 0 Å². The Hall–Kier alpha value is 0.600. The number of thioether (sulfide) groups is 1. The fourth-order valence-electron chi connectivity index (χ4n) is 1.29. The summed E-state index contributed by atoms with van der Waals surface area (Å²) in [7, 11) is 1.74. The average Bonchev–Trinajstić information content (AvgIpc) is 2.19. The van der Waals surface area contributed by atoms with Crippen LogP contribution in [0.5, 0.6) is 0 Å². The minimum absolute atomic E-state index is 0.117. The van der Waals surface area contributed by atoms with E-state index >= 15 is 0 Å². The standard InChI is InChI=1S/C11H23ClOS/c1-4-6-7-8-9-14-11(12)10(5-2)13-3/h10-11H,4-9H2,1-3H3. The van der Waals surface area contributed by atoms with Crippen molar-refractivity contribution in [2.75, 3.05) is 12.9 Å².